The van der Waals surface area contributed by atoms with E-state index >= 15 is 0 Å². The Bertz CT molecular complexity index is 1100. The van der Waals surface area contributed by atoms with Crippen molar-refractivity contribution in [3.05, 3.63) is 65.8 Å². The lowest BCUT2D eigenvalue weighted by atomic mass is 10.0. The molecule has 23 heavy (non-hydrogen) atoms. The van der Waals surface area contributed by atoms with Crippen molar-refractivity contribution < 1.29 is 8.98 Å². The number of furan rings is 1. The molecular weight excluding hydrogens is 286 g/mol. The van der Waals surface area contributed by atoms with Gasteiger partial charge in [0.25, 0.3) is 0 Å². The number of nitrogens with zero attached hydrogens (tertiary/aromatic N) is 3. The fourth-order valence-electron chi connectivity index (χ4n) is 2.94. The van der Waals surface area contributed by atoms with Gasteiger partial charge >= 0.3 is 0 Å². The van der Waals surface area contributed by atoms with Gasteiger partial charge in [0.15, 0.2) is 6.20 Å². The molecule has 4 nitrogen and oxygen atoms in total. The molecule has 0 spiro atoms. The van der Waals surface area contributed by atoms with Crippen LogP contribution in [0.15, 0.2) is 53.2 Å². The molecule has 0 amide bonds. The molecule has 110 valence electrons. The highest BCUT2D eigenvalue weighted by Crippen LogP contribution is 2.34. The zero-order chi connectivity index (χ0) is 16.0. The van der Waals surface area contributed by atoms with E-state index in [1.54, 1.807) is 6.20 Å². The van der Waals surface area contributed by atoms with Crippen LogP contribution in [-0.2, 0) is 7.05 Å². The van der Waals surface area contributed by atoms with Gasteiger partial charge in [-0.05, 0) is 36.8 Å². The van der Waals surface area contributed by atoms with E-state index in [4.69, 9.17) is 11.0 Å². The number of aryl methyl sites for hydroxylation is 2. The fourth-order valence-corrected chi connectivity index (χ4v) is 2.94. The smallest absolute Gasteiger partial charge is 0.224 e. The monoisotopic (exact) mass is 300 g/mol. The van der Waals surface area contributed by atoms with Crippen molar-refractivity contribution in [2.24, 2.45) is 7.05 Å². The molecule has 0 saturated carbocycles. The summed E-state index contributed by atoms with van der Waals surface area (Å²) in [4.78, 5) is 7.71. The van der Waals surface area contributed by atoms with Crippen molar-refractivity contribution in [2.45, 2.75) is 6.92 Å². The summed E-state index contributed by atoms with van der Waals surface area (Å²) in [7, 11) is 2.03. The first-order valence-electron chi connectivity index (χ1n) is 7.33. The van der Waals surface area contributed by atoms with Crippen molar-refractivity contribution >= 4 is 27.8 Å². The third-order valence-electron chi connectivity index (χ3n) is 4.12. The summed E-state index contributed by atoms with van der Waals surface area (Å²) in [5.41, 5.74) is 5.32. The molecule has 0 fully saturated rings. The first-order valence-corrected chi connectivity index (χ1v) is 7.33. The maximum atomic E-state index is 7.17. The lowest BCUT2D eigenvalue weighted by Crippen LogP contribution is -2.30. The molecule has 0 atom stereocenters. The molecule has 4 heteroatoms. The maximum absolute atomic E-state index is 7.17. The topological polar surface area (TPSA) is 34.3 Å². The van der Waals surface area contributed by atoms with Crippen molar-refractivity contribution in [1.82, 2.24) is 4.98 Å². The van der Waals surface area contributed by atoms with E-state index in [1.807, 2.05) is 37.5 Å². The van der Waals surface area contributed by atoms with Gasteiger partial charge in [-0.1, -0.05) is 0 Å². The summed E-state index contributed by atoms with van der Waals surface area (Å²) in [6.45, 7) is 9.25. The number of hydrogen-bond donors (Lipinski definition) is 0. The first-order chi connectivity index (χ1) is 11.2. The van der Waals surface area contributed by atoms with Crippen LogP contribution in [0.3, 0.4) is 0 Å². The van der Waals surface area contributed by atoms with Crippen LogP contribution in [0, 0.1) is 13.5 Å². The predicted molar refractivity (Wildman–Crippen MR) is 89.1 cm³/mol. The molecular formula is C19H14N3O+. The van der Waals surface area contributed by atoms with Crippen LogP contribution >= 0.6 is 0 Å². The zero-order valence-electron chi connectivity index (χ0n) is 12.9. The van der Waals surface area contributed by atoms with Gasteiger partial charge < -0.3 is 4.42 Å². The van der Waals surface area contributed by atoms with Crippen LogP contribution in [0.1, 0.15) is 5.56 Å². The van der Waals surface area contributed by atoms with E-state index < -0.39 is 0 Å². The van der Waals surface area contributed by atoms with Gasteiger partial charge in [0.05, 0.1) is 6.57 Å². The van der Waals surface area contributed by atoms with Gasteiger partial charge in [-0.15, -0.1) is 0 Å². The number of hydrogen-bond acceptors (Lipinski definition) is 2. The molecule has 0 saturated heterocycles. The number of benzene rings is 1. The Morgan fingerprint density at radius 2 is 2.04 bits per heavy atom. The number of pyridine rings is 2. The van der Waals surface area contributed by atoms with E-state index in [-0.39, 0.29) is 0 Å². The van der Waals surface area contributed by atoms with Gasteiger partial charge in [-0.2, -0.15) is 0 Å². The largest absolute Gasteiger partial charge is 0.438 e. The van der Waals surface area contributed by atoms with Gasteiger partial charge in [0.1, 0.15) is 12.6 Å². The average Bonchev–Trinajstić information content (AvgIpc) is 2.91. The zero-order valence-corrected chi connectivity index (χ0v) is 12.9. The van der Waals surface area contributed by atoms with E-state index in [2.05, 4.69) is 33.5 Å². The molecule has 0 bridgehead atoms. The third kappa shape index (κ3) is 2.06. The van der Waals surface area contributed by atoms with Gasteiger partial charge in [0.2, 0.25) is 17.1 Å². The Balaban J connectivity index is 2.07. The Morgan fingerprint density at radius 1 is 1.17 bits per heavy atom. The van der Waals surface area contributed by atoms with Crippen LogP contribution in [0.25, 0.3) is 38.2 Å². The van der Waals surface area contributed by atoms with E-state index in [0.717, 1.165) is 33.2 Å². The first kappa shape index (κ1) is 13.5. The standard InChI is InChI=1S/C19H14N3O/c1-12-8-18-15(10-14(12)17-6-4-5-7-22(17)3)16-9-13(20-2)11-21-19(16)23-18/h4-11H,1,3H3/q+1. The van der Waals surface area contributed by atoms with Gasteiger partial charge in [0, 0.05) is 34.7 Å². The van der Waals surface area contributed by atoms with Crippen molar-refractivity contribution in [3.8, 4) is 11.3 Å². The van der Waals surface area contributed by atoms with E-state index in [0.29, 0.717) is 11.4 Å². The van der Waals surface area contributed by atoms with Gasteiger partial charge in [-0.3, -0.25) is 0 Å². The number of rotatable bonds is 1. The Labute approximate surface area is 133 Å². The van der Waals surface area contributed by atoms with Crippen molar-refractivity contribution in [2.75, 3.05) is 0 Å². The van der Waals surface area contributed by atoms with Crippen LogP contribution in [0.5, 0.6) is 0 Å². The highest BCUT2D eigenvalue weighted by Gasteiger charge is 2.16. The third-order valence-corrected chi connectivity index (χ3v) is 4.12. The molecule has 4 aromatic rings. The molecule has 0 aliphatic rings. The highest BCUT2D eigenvalue weighted by molar-refractivity contribution is 6.06. The summed E-state index contributed by atoms with van der Waals surface area (Å²) in [5, 5.41) is 1.87. The molecule has 0 unspecified atom stereocenters. The van der Waals surface area contributed by atoms with Crippen LogP contribution in [-0.4, -0.2) is 4.98 Å². The molecule has 0 N–H and O–H groups in total. The average molecular weight is 300 g/mol. The van der Waals surface area contributed by atoms with Crippen LogP contribution < -0.4 is 4.57 Å². The summed E-state index contributed by atoms with van der Waals surface area (Å²) >= 11 is 0. The SMILES string of the molecule is [C-]#[N+]c1cnc2oc3cc(C)c(-c4cccc[n+]4C)cc3c2c1. The quantitative estimate of drug-likeness (QED) is 0.387. The molecule has 3 aromatic heterocycles. The van der Waals surface area contributed by atoms with E-state index in [1.165, 1.54) is 0 Å². The number of aromatic nitrogens is 2. The lowest BCUT2D eigenvalue weighted by molar-refractivity contribution is -0.660. The minimum absolute atomic E-state index is 0.521. The second kappa shape index (κ2) is 4.92. The molecule has 1 aromatic carbocycles. The second-order valence-electron chi connectivity index (χ2n) is 5.62. The minimum atomic E-state index is 0.521. The fraction of sp³-hybridized carbons (Fsp3) is 0.105. The van der Waals surface area contributed by atoms with Crippen molar-refractivity contribution in [3.63, 3.8) is 0 Å². The summed E-state index contributed by atoms with van der Waals surface area (Å²) < 4.78 is 7.93. The molecule has 0 radical (unpaired) electrons. The van der Waals surface area contributed by atoms with E-state index in [9.17, 15) is 0 Å². The minimum Gasteiger partial charge on any atom is -0.438 e. The molecule has 3 heterocycles. The highest BCUT2D eigenvalue weighted by atomic mass is 16.3. The lowest BCUT2D eigenvalue weighted by Gasteiger charge is -2.04. The second-order valence-corrected chi connectivity index (χ2v) is 5.62. The van der Waals surface area contributed by atoms with Gasteiger partial charge in [-0.25, -0.2) is 14.4 Å². The number of fused-ring (bicyclic) bond motifs is 3. The summed E-state index contributed by atoms with van der Waals surface area (Å²) in [6, 6.07) is 12.1. The maximum Gasteiger partial charge on any atom is 0.224 e. The molecule has 0 aliphatic heterocycles. The molecule has 0 aliphatic carbocycles. The summed E-state index contributed by atoms with van der Waals surface area (Å²) in [6.07, 6.45) is 3.58. The molecule has 4 rings (SSSR count). The van der Waals surface area contributed by atoms with Crippen LogP contribution in [0.4, 0.5) is 5.69 Å². The Kier molecular flexibility index (Phi) is 2.88. The van der Waals surface area contributed by atoms with Crippen molar-refractivity contribution in [1.29, 1.82) is 0 Å². The Hall–Kier alpha value is -3.19. The Morgan fingerprint density at radius 3 is 2.83 bits per heavy atom. The summed E-state index contributed by atoms with van der Waals surface area (Å²) in [5.74, 6) is 0. The normalized spacial score (nSPS) is 11.0. The van der Waals surface area contributed by atoms with Crippen LogP contribution in [0.2, 0.25) is 0 Å². The predicted octanol–water partition coefficient (Wildman–Crippen LogP) is 4.33.